The fourth-order valence-electron chi connectivity index (χ4n) is 1.96. The number of tetrazole rings is 1. The molecule has 0 aliphatic rings. The van der Waals surface area contributed by atoms with Crippen LogP contribution in [0.5, 0.6) is 0 Å². The lowest BCUT2D eigenvalue weighted by Gasteiger charge is -2.07. The van der Waals surface area contributed by atoms with Crippen molar-refractivity contribution >= 4 is 5.69 Å². The molecule has 1 aromatic heterocycles. The lowest BCUT2D eigenvalue weighted by atomic mass is 10.1. The van der Waals surface area contributed by atoms with Gasteiger partial charge in [0.25, 0.3) is 0 Å². The molecule has 0 aliphatic carbocycles. The molecule has 106 valence electrons. The van der Waals surface area contributed by atoms with Crippen LogP contribution in [-0.4, -0.2) is 20.2 Å². The van der Waals surface area contributed by atoms with Gasteiger partial charge in [0.2, 0.25) is 0 Å². The average molecular weight is 287 g/mol. The monoisotopic (exact) mass is 287 g/mol. The maximum absolute atomic E-state index is 13.9. The molecule has 0 unspecified atom stereocenters. The van der Waals surface area contributed by atoms with E-state index in [4.69, 9.17) is 5.73 Å². The Balaban J connectivity index is 2.14. The van der Waals surface area contributed by atoms with E-state index in [1.165, 1.54) is 10.7 Å². The first-order valence-electron chi connectivity index (χ1n) is 6.16. The van der Waals surface area contributed by atoms with Gasteiger partial charge in [-0.15, -0.1) is 5.10 Å². The summed E-state index contributed by atoms with van der Waals surface area (Å²) in [4.78, 5) is 0. The van der Waals surface area contributed by atoms with E-state index in [-0.39, 0.29) is 5.69 Å². The van der Waals surface area contributed by atoms with Gasteiger partial charge in [0.15, 0.2) is 11.6 Å². The van der Waals surface area contributed by atoms with Crippen LogP contribution in [0.1, 0.15) is 5.56 Å². The van der Waals surface area contributed by atoms with E-state index in [0.717, 1.165) is 17.7 Å². The van der Waals surface area contributed by atoms with Crippen molar-refractivity contribution in [2.75, 3.05) is 5.73 Å². The quantitative estimate of drug-likeness (QED) is 0.735. The zero-order valence-corrected chi connectivity index (χ0v) is 11.1. The molecule has 2 aromatic carbocycles. The third-order valence-electron chi connectivity index (χ3n) is 3.14. The second kappa shape index (κ2) is 4.93. The largest absolute Gasteiger partial charge is 0.398 e. The van der Waals surface area contributed by atoms with Crippen molar-refractivity contribution in [3.05, 3.63) is 53.6 Å². The van der Waals surface area contributed by atoms with Crippen LogP contribution >= 0.6 is 0 Å². The summed E-state index contributed by atoms with van der Waals surface area (Å²) in [6.45, 7) is 1.88. The van der Waals surface area contributed by atoms with Gasteiger partial charge < -0.3 is 5.73 Å². The highest BCUT2D eigenvalue weighted by Gasteiger charge is 2.15. The van der Waals surface area contributed by atoms with Crippen molar-refractivity contribution in [2.24, 2.45) is 0 Å². The van der Waals surface area contributed by atoms with Crippen LogP contribution in [0.15, 0.2) is 36.4 Å². The molecule has 0 amide bonds. The topological polar surface area (TPSA) is 69.6 Å². The molecule has 7 heteroatoms. The van der Waals surface area contributed by atoms with E-state index in [1.54, 1.807) is 12.1 Å². The van der Waals surface area contributed by atoms with Crippen molar-refractivity contribution in [1.82, 2.24) is 20.2 Å². The Hall–Kier alpha value is -2.83. The van der Waals surface area contributed by atoms with Crippen LogP contribution in [0.3, 0.4) is 0 Å². The van der Waals surface area contributed by atoms with Crippen LogP contribution < -0.4 is 5.73 Å². The summed E-state index contributed by atoms with van der Waals surface area (Å²) in [5, 5.41) is 11.2. The molecule has 0 saturated heterocycles. The number of hydrogen-bond acceptors (Lipinski definition) is 4. The van der Waals surface area contributed by atoms with Crippen LogP contribution in [-0.2, 0) is 0 Å². The maximum Gasteiger partial charge on any atom is 0.187 e. The molecular formula is C14H11F2N5. The number of nitrogens with two attached hydrogens (primary N) is 1. The average Bonchev–Trinajstić information content (AvgIpc) is 2.91. The minimum absolute atomic E-state index is 0.0653. The van der Waals surface area contributed by atoms with Crippen molar-refractivity contribution in [3.63, 3.8) is 0 Å². The van der Waals surface area contributed by atoms with E-state index >= 15 is 0 Å². The van der Waals surface area contributed by atoms with Gasteiger partial charge in [-0.2, -0.15) is 4.68 Å². The van der Waals surface area contributed by atoms with Gasteiger partial charge >= 0.3 is 0 Å². The molecule has 2 N–H and O–H groups in total. The summed E-state index contributed by atoms with van der Waals surface area (Å²) in [7, 11) is 0. The highest BCUT2D eigenvalue weighted by molar-refractivity contribution is 5.64. The SMILES string of the molecule is Cc1ccc(-c2nnnn2-c2ccc(F)cc2F)cc1N. The molecule has 0 atom stereocenters. The first-order chi connectivity index (χ1) is 10.1. The molecule has 0 spiro atoms. The molecule has 3 aromatic rings. The Morgan fingerprint density at radius 2 is 1.90 bits per heavy atom. The number of anilines is 1. The van der Waals surface area contributed by atoms with E-state index in [0.29, 0.717) is 17.1 Å². The summed E-state index contributed by atoms with van der Waals surface area (Å²) in [5.41, 5.74) is 8.08. The van der Waals surface area contributed by atoms with Gasteiger partial charge in [-0.3, -0.25) is 0 Å². The standard InChI is InChI=1S/C14H11F2N5/c1-8-2-3-9(6-12(8)17)14-18-19-20-21(14)13-5-4-10(15)7-11(13)16/h2-7H,17H2,1H3. The van der Waals surface area contributed by atoms with E-state index < -0.39 is 11.6 Å². The molecule has 0 saturated carbocycles. The predicted molar refractivity (Wildman–Crippen MR) is 73.7 cm³/mol. The lowest BCUT2D eigenvalue weighted by molar-refractivity contribution is 0.572. The first-order valence-corrected chi connectivity index (χ1v) is 6.16. The summed E-state index contributed by atoms with van der Waals surface area (Å²) >= 11 is 0. The van der Waals surface area contributed by atoms with Gasteiger partial charge in [-0.25, -0.2) is 8.78 Å². The predicted octanol–water partition coefficient (Wildman–Crippen LogP) is 2.50. The summed E-state index contributed by atoms with van der Waals surface area (Å²) in [6, 6.07) is 8.53. The molecule has 3 rings (SSSR count). The molecule has 21 heavy (non-hydrogen) atoms. The fourth-order valence-corrected chi connectivity index (χ4v) is 1.96. The highest BCUT2D eigenvalue weighted by Crippen LogP contribution is 2.24. The van der Waals surface area contributed by atoms with Crippen molar-refractivity contribution < 1.29 is 8.78 Å². The Morgan fingerprint density at radius 3 is 2.62 bits per heavy atom. The molecule has 0 aliphatic heterocycles. The van der Waals surface area contributed by atoms with E-state index in [2.05, 4.69) is 15.5 Å². The normalized spacial score (nSPS) is 10.8. The third-order valence-corrected chi connectivity index (χ3v) is 3.14. The molecule has 5 nitrogen and oxygen atoms in total. The fraction of sp³-hybridized carbons (Fsp3) is 0.0714. The Morgan fingerprint density at radius 1 is 1.10 bits per heavy atom. The van der Waals surface area contributed by atoms with Gasteiger partial charge in [0.05, 0.1) is 0 Å². The van der Waals surface area contributed by atoms with Gasteiger partial charge in [0.1, 0.15) is 11.5 Å². The third kappa shape index (κ3) is 2.33. The number of halogens is 2. The summed E-state index contributed by atoms with van der Waals surface area (Å²) in [5.74, 6) is -1.08. The lowest BCUT2D eigenvalue weighted by Crippen LogP contribution is -2.03. The number of nitrogen functional groups attached to an aromatic ring is 1. The first kappa shape index (κ1) is 13.2. The summed E-state index contributed by atoms with van der Waals surface area (Å²) < 4.78 is 28.1. The molecule has 0 radical (unpaired) electrons. The number of benzene rings is 2. The number of hydrogen-bond donors (Lipinski definition) is 1. The molecule has 1 heterocycles. The number of rotatable bonds is 2. The van der Waals surface area contributed by atoms with Gasteiger partial charge in [0, 0.05) is 17.3 Å². The van der Waals surface area contributed by atoms with Crippen LogP contribution in [0.25, 0.3) is 17.1 Å². The Kier molecular flexibility index (Phi) is 3.09. The number of aromatic nitrogens is 4. The number of nitrogens with zero attached hydrogens (tertiary/aromatic N) is 4. The molecule has 0 bridgehead atoms. The molecular weight excluding hydrogens is 276 g/mol. The zero-order valence-electron chi connectivity index (χ0n) is 11.1. The van der Waals surface area contributed by atoms with Gasteiger partial charge in [-0.05, 0) is 41.1 Å². The Labute approximate surface area is 119 Å². The Bertz CT molecular complexity index is 813. The summed E-state index contributed by atoms with van der Waals surface area (Å²) in [6.07, 6.45) is 0. The van der Waals surface area contributed by atoms with Crippen molar-refractivity contribution in [3.8, 4) is 17.1 Å². The van der Waals surface area contributed by atoms with Crippen molar-refractivity contribution in [2.45, 2.75) is 6.92 Å². The highest BCUT2D eigenvalue weighted by atomic mass is 19.1. The smallest absolute Gasteiger partial charge is 0.187 e. The molecule has 0 fully saturated rings. The van der Waals surface area contributed by atoms with Crippen LogP contribution in [0.4, 0.5) is 14.5 Å². The van der Waals surface area contributed by atoms with Gasteiger partial charge in [-0.1, -0.05) is 12.1 Å². The zero-order chi connectivity index (χ0) is 15.0. The van der Waals surface area contributed by atoms with Crippen LogP contribution in [0.2, 0.25) is 0 Å². The minimum Gasteiger partial charge on any atom is -0.398 e. The van der Waals surface area contributed by atoms with Crippen LogP contribution in [0, 0.1) is 18.6 Å². The minimum atomic E-state index is -0.747. The number of aryl methyl sites for hydroxylation is 1. The second-order valence-electron chi connectivity index (χ2n) is 4.58. The van der Waals surface area contributed by atoms with E-state index in [1.807, 2.05) is 13.0 Å². The maximum atomic E-state index is 13.9. The second-order valence-corrected chi connectivity index (χ2v) is 4.58. The van der Waals surface area contributed by atoms with Crippen molar-refractivity contribution in [1.29, 1.82) is 0 Å². The van der Waals surface area contributed by atoms with E-state index in [9.17, 15) is 8.78 Å².